The first-order valence-corrected chi connectivity index (χ1v) is 7.35. The van der Waals surface area contributed by atoms with Crippen LogP contribution >= 0.6 is 0 Å². The van der Waals surface area contributed by atoms with Crippen molar-refractivity contribution in [2.24, 2.45) is 0 Å². The fraction of sp³-hybridized carbons (Fsp3) is 0.625. The van der Waals surface area contributed by atoms with Crippen molar-refractivity contribution in [2.75, 3.05) is 26.2 Å². The minimum Gasteiger partial charge on any atom is -0.390 e. The monoisotopic (exact) mass is 262 g/mol. The smallest absolute Gasteiger partial charge is 0.0791 e. The predicted octanol–water partition coefficient (Wildman–Crippen LogP) is 2.10. The summed E-state index contributed by atoms with van der Waals surface area (Å²) in [5, 5.41) is 13.5. The highest BCUT2D eigenvalue weighted by Crippen LogP contribution is 2.13. The van der Waals surface area contributed by atoms with E-state index in [1.165, 1.54) is 24.0 Å². The summed E-state index contributed by atoms with van der Waals surface area (Å²) in [5.74, 6) is 0. The lowest BCUT2D eigenvalue weighted by molar-refractivity contribution is 0.121. The molecule has 2 atom stereocenters. The molecule has 2 rings (SSSR count). The van der Waals surface area contributed by atoms with Crippen molar-refractivity contribution in [3.8, 4) is 0 Å². The Morgan fingerprint density at radius 2 is 1.84 bits per heavy atom. The molecule has 1 aliphatic heterocycles. The van der Waals surface area contributed by atoms with Gasteiger partial charge in [0.2, 0.25) is 0 Å². The molecule has 3 heteroatoms. The van der Waals surface area contributed by atoms with Crippen molar-refractivity contribution in [1.29, 1.82) is 0 Å². The Labute approximate surface area is 116 Å². The normalized spacial score (nSPS) is 19.5. The zero-order valence-corrected chi connectivity index (χ0v) is 12.1. The van der Waals surface area contributed by atoms with E-state index in [4.69, 9.17) is 0 Å². The van der Waals surface area contributed by atoms with Gasteiger partial charge in [-0.2, -0.15) is 0 Å². The molecule has 1 aromatic rings. The number of nitrogens with one attached hydrogen (secondary N) is 1. The van der Waals surface area contributed by atoms with Gasteiger partial charge in [0.25, 0.3) is 0 Å². The largest absolute Gasteiger partial charge is 0.390 e. The van der Waals surface area contributed by atoms with Gasteiger partial charge in [0.1, 0.15) is 0 Å². The number of nitrogens with zero attached hydrogens (tertiary/aromatic N) is 1. The van der Waals surface area contributed by atoms with E-state index in [-0.39, 0.29) is 12.1 Å². The van der Waals surface area contributed by atoms with Crippen LogP contribution in [0.15, 0.2) is 24.3 Å². The average molecular weight is 262 g/mol. The number of benzene rings is 1. The minimum absolute atomic E-state index is 0.272. The number of β-amino-alcohol motifs (C(OH)–C–C–N with tert-alkyl or cyclic N) is 1. The summed E-state index contributed by atoms with van der Waals surface area (Å²) in [6.07, 6.45) is 2.28. The van der Waals surface area contributed by atoms with Crippen LogP contribution in [0.4, 0.5) is 0 Å². The fourth-order valence-electron chi connectivity index (χ4n) is 2.61. The second-order valence-electron chi connectivity index (χ2n) is 5.70. The van der Waals surface area contributed by atoms with Crippen LogP contribution in [0.5, 0.6) is 0 Å². The van der Waals surface area contributed by atoms with Crippen LogP contribution in [0.1, 0.15) is 36.9 Å². The highest BCUT2D eigenvalue weighted by molar-refractivity contribution is 5.23. The van der Waals surface area contributed by atoms with E-state index in [1.54, 1.807) is 0 Å². The Hall–Kier alpha value is -0.900. The predicted molar refractivity (Wildman–Crippen MR) is 79.3 cm³/mol. The quantitative estimate of drug-likeness (QED) is 0.824. The molecule has 0 amide bonds. The van der Waals surface area contributed by atoms with Gasteiger partial charge in [0.15, 0.2) is 0 Å². The minimum atomic E-state index is -0.272. The van der Waals surface area contributed by atoms with Gasteiger partial charge in [-0.3, -0.25) is 0 Å². The molecule has 1 unspecified atom stereocenters. The fourth-order valence-corrected chi connectivity index (χ4v) is 2.61. The lowest BCUT2D eigenvalue weighted by atomic mass is 10.1. The van der Waals surface area contributed by atoms with E-state index < -0.39 is 0 Å². The molecule has 0 radical (unpaired) electrons. The van der Waals surface area contributed by atoms with Gasteiger partial charge in [-0.05, 0) is 45.3 Å². The van der Waals surface area contributed by atoms with E-state index >= 15 is 0 Å². The molecule has 19 heavy (non-hydrogen) atoms. The van der Waals surface area contributed by atoms with Crippen molar-refractivity contribution in [1.82, 2.24) is 10.2 Å². The molecule has 1 saturated heterocycles. The van der Waals surface area contributed by atoms with Crippen LogP contribution in [-0.2, 0) is 0 Å². The standard InChI is InChI=1S/C16H26N2O/c1-13-5-7-15(8-6-13)14(2)17-11-16(19)12-18-9-3-4-10-18/h5-8,14,16-17,19H,3-4,9-12H2,1-2H3/t14-,16?/m0/s1. The van der Waals surface area contributed by atoms with Crippen molar-refractivity contribution < 1.29 is 5.11 Å². The SMILES string of the molecule is Cc1ccc([C@H](C)NCC(O)CN2CCCC2)cc1. The topological polar surface area (TPSA) is 35.5 Å². The van der Waals surface area contributed by atoms with Crippen LogP contribution in [0.25, 0.3) is 0 Å². The van der Waals surface area contributed by atoms with Crippen LogP contribution in [0.2, 0.25) is 0 Å². The molecule has 0 aromatic heterocycles. The number of likely N-dealkylation sites (tertiary alicyclic amines) is 1. The number of aryl methyl sites for hydroxylation is 1. The lowest BCUT2D eigenvalue weighted by Gasteiger charge is -2.22. The number of hydrogen-bond donors (Lipinski definition) is 2. The van der Waals surface area contributed by atoms with Gasteiger partial charge in [-0.15, -0.1) is 0 Å². The molecular weight excluding hydrogens is 236 g/mol. The third kappa shape index (κ3) is 4.60. The molecule has 0 saturated carbocycles. The molecule has 106 valence electrons. The summed E-state index contributed by atoms with van der Waals surface area (Å²) < 4.78 is 0. The number of hydrogen-bond acceptors (Lipinski definition) is 3. The van der Waals surface area contributed by atoms with Crippen molar-refractivity contribution >= 4 is 0 Å². The lowest BCUT2D eigenvalue weighted by Crippen LogP contribution is -2.37. The summed E-state index contributed by atoms with van der Waals surface area (Å²) in [6, 6.07) is 8.86. The highest BCUT2D eigenvalue weighted by atomic mass is 16.3. The Morgan fingerprint density at radius 3 is 2.47 bits per heavy atom. The van der Waals surface area contributed by atoms with E-state index in [0.717, 1.165) is 19.6 Å². The van der Waals surface area contributed by atoms with Crippen LogP contribution in [0.3, 0.4) is 0 Å². The maximum absolute atomic E-state index is 10.0. The van der Waals surface area contributed by atoms with Gasteiger partial charge < -0.3 is 15.3 Å². The van der Waals surface area contributed by atoms with Crippen molar-refractivity contribution in [3.63, 3.8) is 0 Å². The molecule has 1 fully saturated rings. The summed E-state index contributed by atoms with van der Waals surface area (Å²) in [7, 11) is 0. The molecule has 3 nitrogen and oxygen atoms in total. The molecule has 0 aliphatic carbocycles. The maximum Gasteiger partial charge on any atom is 0.0791 e. The molecule has 1 aromatic carbocycles. The number of aliphatic hydroxyl groups excluding tert-OH is 1. The average Bonchev–Trinajstić information content (AvgIpc) is 2.89. The first-order chi connectivity index (χ1) is 9.15. The second-order valence-corrected chi connectivity index (χ2v) is 5.70. The van der Waals surface area contributed by atoms with Gasteiger partial charge in [0.05, 0.1) is 6.10 Å². The van der Waals surface area contributed by atoms with Gasteiger partial charge in [0, 0.05) is 19.1 Å². The zero-order chi connectivity index (χ0) is 13.7. The van der Waals surface area contributed by atoms with E-state index in [2.05, 4.69) is 48.3 Å². The molecule has 0 bridgehead atoms. The summed E-state index contributed by atoms with van der Waals surface area (Å²) >= 11 is 0. The summed E-state index contributed by atoms with van der Waals surface area (Å²) in [6.45, 7) is 7.99. The highest BCUT2D eigenvalue weighted by Gasteiger charge is 2.16. The van der Waals surface area contributed by atoms with Gasteiger partial charge in [-0.25, -0.2) is 0 Å². The molecule has 1 heterocycles. The van der Waals surface area contributed by atoms with Crippen LogP contribution in [0, 0.1) is 6.92 Å². The van der Waals surface area contributed by atoms with Crippen molar-refractivity contribution in [2.45, 2.75) is 38.8 Å². The third-order valence-corrected chi connectivity index (χ3v) is 3.90. The van der Waals surface area contributed by atoms with E-state index in [1.807, 2.05) is 0 Å². The van der Waals surface area contributed by atoms with Gasteiger partial charge >= 0.3 is 0 Å². The Kier molecular flexibility index (Phi) is 5.37. The zero-order valence-electron chi connectivity index (χ0n) is 12.1. The molecule has 1 aliphatic rings. The van der Waals surface area contributed by atoms with E-state index in [9.17, 15) is 5.11 Å². The van der Waals surface area contributed by atoms with Crippen molar-refractivity contribution in [3.05, 3.63) is 35.4 Å². The molecular formula is C16H26N2O. The summed E-state index contributed by atoms with van der Waals surface area (Å²) in [4.78, 5) is 2.35. The Bertz CT molecular complexity index is 371. The number of rotatable bonds is 6. The summed E-state index contributed by atoms with van der Waals surface area (Å²) in [5.41, 5.74) is 2.56. The third-order valence-electron chi connectivity index (χ3n) is 3.90. The Balaban J connectivity index is 1.73. The maximum atomic E-state index is 10.0. The van der Waals surface area contributed by atoms with Gasteiger partial charge in [-0.1, -0.05) is 29.8 Å². The molecule has 2 N–H and O–H groups in total. The Morgan fingerprint density at radius 1 is 1.21 bits per heavy atom. The first kappa shape index (κ1) is 14.5. The number of aliphatic hydroxyl groups is 1. The van der Waals surface area contributed by atoms with E-state index in [0.29, 0.717) is 6.54 Å². The molecule has 0 spiro atoms. The first-order valence-electron chi connectivity index (χ1n) is 7.35. The van der Waals surface area contributed by atoms with Crippen LogP contribution in [-0.4, -0.2) is 42.3 Å². The van der Waals surface area contributed by atoms with Crippen LogP contribution < -0.4 is 5.32 Å². The second kappa shape index (κ2) is 7.04.